The van der Waals surface area contributed by atoms with Crippen molar-refractivity contribution in [3.63, 3.8) is 0 Å². The number of carbonyl (C=O) groups excluding carboxylic acids is 3. The summed E-state index contributed by atoms with van der Waals surface area (Å²) in [6, 6.07) is 0. The minimum absolute atomic E-state index is 0.0645. The molecule has 0 bridgehead atoms. The van der Waals surface area contributed by atoms with Crippen molar-refractivity contribution in [2.75, 3.05) is 13.2 Å². The average molecular weight is 1170 g/mol. The van der Waals surface area contributed by atoms with E-state index < -0.39 is 6.10 Å². The van der Waals surface area contributed by atoms with E-state index in [1.807, 2.05) is 0 Å². The molecule has 6 heteroatoms. The maximum Gasteiger partial charge on any atom is 0.306 e. The lowest BCUT2D eigenvalue weighted by atomic mass is 10.0. The molecule has 0 N–H and O–H groups in total. The van der Waals surface area contributed by atoms with Crippen molar-refractivity contribution in [2.24, 2.45) is 0 Å². The van der Waals surface area contributed by atoms with Crippen molar-refractivity contribution in [1.82, 2.24) is 0 Å². The zero-order valence-corrected chi connectivity index (χ0v) is 56.5. The molecule has 490 valence electrons. The fourth-order valence-corrected chi connectivity index (χ4v) is 11.7. The van der Waals surface area contributed by atoms with E-state index in [9.17, 15) is 14.4 Å². The van der Waals surface area contributed by atoms with E-state index in [0.29, 0.717) is 19.3 Å². The van der Waals surface area contributed by atoms with Gasteiger partial charge >= 0.3 is 17.9 Å². The highest BCUT2D eigenvalue weighted by Crippen LogP contribution is 2.19. The molecule has 0 aromatic carbocycles. The highest BCUT2D eigenvalue weighted by molar-refractivity contribution is 5.71. The summed E-state index contributed by atoms with van der Waals surface area (Å²) in [5.41, 5.74) is 0. The molecule has 0 saturated carbocycles. The Hall–Kier alpha value is -2.11. The van der Waals surface area contributed by atoms with Gasteiger partial charge in [-0.2, -0.15) is 0 Å². The van der Waals surface area contributed by atoms with Crippen LogP contribution in [0, 0.1) is 0 Å². The zero-order chi connectivity index (χ0) is 59.9. The van der Waals surface area contributed by atoms with Crippen LogP contribution in [-0.2, 0) is 28.6 Å². The van der Waals surface area contributed by atoms with Gasteiger partial charge in [-0.05, 0) is 70.6 Å². The van der Waals surface area contributed by atoms with Crippen molar-refractivity contribution >= 4 is 17.9 Å². The molecule has 0 saturated heterocycles. The summed E-state index contributed by atoms with van der Waals surface area (Å²) < 4.78 is 17.0. The van der Waals surface area contributed by atoms with Crippen LogP contribution in [0.3, 0.4) is 0 Å². The Labute approximate surface area is 519 Å². The topological polar surface area (TPSA) is 78.9 Å². The van der Waals surface area contributed by atoms with Gasteiger partial charge in [0.1, 0.15) is 13.2 Å². The molecule has 83 heavy (non-hydrogen) atoms. The third-order valence-corrected chi connectivity index (χ3v) is 17.4. The van der Waals surface area contributed by atoms with Crippen LogP contribution in [0.4, 0.5) is 0 Å². The number of hydrogen-bond donors (Lipinski definition) is 0. The molecule has 0 fully saturated rings. The lowest BCUT2D eigenvalue weighted by molar-refractivity contribution is -0.167. The summed E-state index contributed by atoms with van der Waals surface area (Å²) in [5.74, 6) is -0.835. The second kappa shape index (κ2) is 72.4. The summed E-state index contributed by atoms with van der Waals surface area (Å²) in [6.07, 6.45) is 89.7. The van der Waals surface area contributed by atoms with Crippen LogP contribution in [-0.4, -0.2) is 37.2 Å². The van der Waals surface area contributed by atoms with Gasteiger partial charge in [0.25, 0.3) is 0 Å². The standard InChI is InChI=1S/C77H146O6/c1-4-7-10-13-16-19-21-23-25-27-29-31-33-35-36-37-38-39-40-42-43-45-47-49-51-53-55-58-61-64-67-70-76(79)82-73-74(72-81-75(78)69-66-63-60-57-18-15-12-9-6-3)83-77(80)71-68-65-62-59-56-54-52-50-48-46-44-41-34-32-30-28-26-24-22-20-17-14-11-8-5-2/h27-30,74H,4-26,31-73H2,1-3H3/b29-27-,30-28-. The number of rotatable bonds is 71. The maximum absolute atomic E-state index is 12.9. The number of esters is 3. The Balaban J connectivity index is 4.04. The van der Waals surface area contributed by atoms with Crippen LogP contribution >= 0.6 is 0 Å². The first-order valence-corrected chi connectivity index (χ1v) is 37.8. The molecular formula is C77H146O6. The van der Waals surface area contributed by atoms with Crippen LogP contribution in [0.2, 0.25) is 0 Å². The fourth-order valence-electron chi connectivity index (χ4n) is 11.7. The minimum atomic E-state index is -0.767. The van der Waals surface area contributed by atoms with Crippen molar-refractivity contribution in [2.45, 2.75) is 438 Å². The van der Waals surface area contributed by atoms with E-state index in [0.717, 1.165) is 57.8 Å². The van der Waals surface area contributed by atoms with Gasteiger partial charge in [-0.3, -0.25) is 14.4 Å². The van der Waals surface area contributed by atoms with E-state index in [2.05, 4.69) is 45.1 Å². The third-order valence-electron chi connectivity index (χ3n) is 17.4. The van der Waals surface area contributed by atoms with Crippen molar-refractivity contribution < 1.29 is 28.6 Å². The zero-order valence-electron chi connectivity index (χ0n) is 56.5. The Kier molecular flexibility index (Phi) is 70.5. The van der Waals surface area contributed by atoms with Gasteiger partial charge in [-0.25, -0.2) is 0 Å². The number of ether oxygens (including phenoxy) is 3. The molecule has 0 heterocycles. The van der Waals surface area contributed by atoms with Gasteiger partial charge in [0.2, 0.25) is 0 Å². The molecule has 0 rings (SSSR count). The van der Waals surface area contributed by atoms with Gasteiger partial charge in [0, 0.05) is 19.3 Å². The predicted octanol–water partition coefficient (Wildman–Crippen LogP) is 26.1. The molecule has 0 radical (unpaired) electrons. The number of carbonyl (C=O) groups is 3. The average Bonchev–Trinajstić information content (AvgIpc) is 3.49. The predicted molar refractivity (Wildman–Crippen MR) is 363 cm³/mol. The van der Waals surface area contributed by atoms with Crippen LogP contribution < -0.4 is 0 Å². The molecule has 0 aliphatic rings. The molecule has 1 atom stereocenters. The molecular weight excluding hydrogens is 1020 g/mol. The summed E-state index contributed by atoms with van der Waals surface area (Å²) in [7, 11) is 0. The molecule has 6 nitrogen and oxygen atoms in total. The summed E-state index contributed by atoms with van der Waals surface area (Å²) >= 11 is 0. The van der Waals surface area contributed by atoms with E-state index in [1.165, 1.54) is 334 Å². The van der Waals surface area contributed by atoms with Crippen molar-refractivity contribution in [3.8, 4) is 0 Å². The van der Waals surface area contributed by atoms with Crippen LogP contribution in [0.25, 0.3) is 0 Å². The van der Waals surface area contributed by atoms with E-state index in [-0.39, 0.29) is 31.1 Å². The number of hydrogen-bond acceptors (Lipinski definition) is 6. The Morgan fingerprint density at radius 3 is 0.602 bits per heavy atom. The van der Waals surface area contributed by atoms with E-state index in [1.54, 1.807) is 0 Å². The molecule has 0 aliphatic carbocycles. The van der Waals surface area contributed by atoms with Crippen molar-refractivity contribution in [3.05, 3.63) is 24.3 Å². The van der Waals surface area contributed by atoms with Crippen LogP contribution in [0.1, 0.15) is 432 Å². The van der Waals surface area contributed by atoms with Gasteiger partial charge in [0.05, 0.1) is 0 Å². The SMILES string of the molecule is CCCCCCCCCC/C=C\CCCCCCCCCCCCCCCCCCCCCC(=O)OCC(COC(=O)CCCCCCCCCCC)OC(=O)CCCCCCCCCCCCCCC/C=C\CCCCCCCCCC. The van der Waals surface area contributed by atoms with Gasteiger partial charge < -0.3 is 14.2 Å². The van der Waals surface area contributed by atoms with Crippen LogP contribution in [0.15, 0.2) is 24.3 Å². The highest BCUT2D eigenvalue weighted by atomic mass is 16.6. The van der Waals surface area contributed by atoms with Gasteiger partial charge in [0.15, 0.2) is 6.10 Å². The second-order valence-electron chi connectivity index (χ2n) is 25.9. The van der Waals surface area contributed by atoms with Crippen LogP contribution in [0.5, 0.6) is 0 Å². The molecule has 0 aliphatic heterocycles. The highest BCUT2D eigenvalue weighted by Gasteiger charge is 2.20. The Morgan fingerprint density at radius 2 is 0.398 bits per heavy atom. The number of allylic oxidation sites excluding steroid dienone is 4. The maximum atomic E-state index is 12.9. The quantitative estimate of drug-likeness (QED) is 0.0261. The molecule has 0 aromatic rings. The normalized spacial score (nSPS) is 12.1. The molecule has 0 aromatic heterocycles. The third kappa shape index (κ3) is 70.5. The Bertz CT molecular complexity index is 1340. The van der Waals surface area contributed by atoms with Gasteiger partial charge in [-0.15, -0.1) is 0 Å². The number of unbranched alkanes of at least 4 members (excludes halogenated alkanes) is 56. The van der Waals surface area contributed by atoms with E-state index >= 15 is 0 Å². The fraction of sp³-hybridized carbons (Fsp3) is 0.909. The first-order chi connectivity index (χ1) is 41.0. The summed E-state index contributed by atoms with van der Waals surface area (Å²) in [5, 5.41) is 0. The molecule has 0 spiro atoms. The molecule has 1 unspecified atom stereocenters. The first-order valence-electron chi connectivity index (χ1n) is 37.8. The minimum Gasteiger partial charge on any atom is -0.462 e. The smallest absolute Gasteiger partial charge is 0.306 e. The van der Waals surface area contributed by atoms with Gasteiger partial charge in [-0.1, -0.05) is 366 Å². The monoisotopic (exact) mass is 1170 g/mol. The lowest BCUT2D eigenvalue weighted by Crippen LogP contribution is -2.30. The summed E-state index contributed by atoms with van der Waals surface area (Å²) in [6.45, 7) is 6.70. The van der Waals surface area contributed by atoms with E-state index in [4.69, 9.17) is 14.2 Å². The first kappa shape index (κ1) is 80.9. The van der Waals surface area contributed by atoms with Crippen molar-refractivity contribution in [1.29, 1.82) is 0 Å². The second-order valence-corrected chi connectivity index (χ2v) is 25.9. The lowest BCUT2D eigenvalue weighted by Gasteiger charge is -2.18. The Morgan fingerprint density at radius 1 is 0.229 bits per heavy atom. The molecule has 0 amide bonds. The largest absolute Gasteiger partial charge is 0.462 e. The summed E-state index contributed by atoms with van der Waals surface area (Å²) in [4.78, 5) is 38.3.